The molecule has 0 aliphatic heterocycles. The van der Waals surface area contributed by atoms with Gasteiger partial charge in [-0.2, -0.15) is 0 Å². The second-order valence-corrected chi connectivity index (χ2v) is 1.61. The Labute approximate surface area is 67.3 Å². The molecule has 0 fully saturated rings. The zero-order valence-corrected chi connectivity index (χ0v) is 6.44. The molecule has 7 nitrogen and oxygen atoms in total. The first kappa shape index (κ1) is 10.2. The first-order chi connectivity index (χ1) is 5.54. The molecule has 0 aliphatic carbocycles. The lowest BCUT2D eigenvalue weighted by atomic mass is 10.5. The molecule has 0 radical (unpaired) electrons. The van der Waals surface area contributed by atoms with Crippen molar-refractivity contribution in [1.82, 2.24) is 0 Å². The molecule has 0 heterocycles. The number of carbonyl (C=O) groups excluding carboxylic acids is 1. The lowest BCUT2D eigenvalue weighted by Gasteiger charge is -1.98. The van der Waals surface area contributed by atoms with Crippen LogP contribution in [0.2, 0.25) is 0 Å². The topological polar surface area (TPSA) is 98.9 Å². The molecule has 0 amide bonds. The van der Waals surface area contributed by atoms with Crippen molar-refractivity contribution in [2.75, 3.05) is 14.2 Å². The van der Waals surface area contributed by atoms with Crippen LogP contribution in [0, 0.1) is 10.1 Å². The van der Waals surface area contributed by atoms with E-state index in [2.05, 4.69) is 9.47 Å². The lowest BCUT2D eigenvalue weighted by molar-refractivity contribution is -0.426. The quantitative estimate of drug-likeness (QED) is 0.211. The van der Waals surface area contributed by atoms with E-state index in [4.69, 9.17) is 5.11 Å². The summed E-state index contributed by atoms with van der Waals surface area (Å²) in [5.41, 5.74) is -1.12. The minimum absolute atomic E-state index is 0.953. The fourth-order valence-corrected chi connectivity index (χ4v) is 0.433. The molecule has 0 saturated carbocycles. The number of hydrogen-bond donors (Lipinski definition) is 1. The zero-order chi connectivity index (χ0) is 9.72. The number of ether oxygens (including phenoxy) is 2. The molecule has 0 aromatic carbocycles. The number of nitrogens with zero attached hydrogens (tertiary/aromatic N) is 1. The van der Waals surface area contributed by atoms with Crippen molar-refractivity contribution in [3.63, 3.8) is 0 Å². The van der Waals surface area contributed by atoms with E-state index in [1.165, 1.54) is 0 Å². The molecule has 0 saturated heterocycles. The summed E-state index contributed by atoms with van der Waals surface area (Å²) in [6.45, 7) is 0. The monoisotopic (exact) mass is 177 g/mol. The van der Waals surface area contributed by atoms with Gasteiger partial charge >= 0.3 is 17.6 Å². The Bertz CT molecular complexity index is 232. The summed E-state index contributed by atoms with van der Waals surface area (Å²) >= 11 is 0. The standard InChI is InChI=1S/C5H7NO6/c1-11-4(7)3(6(9)10)5(8)12-2/h7H,1-2H3. The van der Waals surface area contributed by atoms with E-state index in [0.29, 0.717) is 0 Å². The maximum atomic E-state index is 10.6. The predicted octanol–water partition coefficient (Wildman–Crippen LogP) is -0.190. The van der Waals surface area contributed by atoms with Crippen molar-refractivity contribution < 1.29 is 24.3 Å². The Kier molecular flexibility index (Phi) is 3.54. The van der Waals surface area contributed by atoms with Gasteiger partial charge in [-0.25, -0.2) is 4.79 Å². The van der Waals surface area contributed by atoms with E-state index < -0.39 is 22.5 Å². The molecule has 0 aromatic rings. The first-order valence-electron chi connectivity index (χ1n) is 2.74. The molecule has 68 valence electrons. The highest BCUT2D eigenvalue weighted by Gasteiger charge is 2.30. The van der Waals surface area contributed by atoms with Crippen molar-refractivity contribution in [2.45, 2.75) is 0 Å². The number of rotatable bonds is 3. The van der Waals surface area contributed by atoms with Crippen LogP contribution in [0.5, 0.6) is 0 Å². The highest BCUT2D eigenvalue weighted by molar-refractivity contribution is 5.85. The minimum atomic E-state index is -1.26. The summed E-state index contributed by atoms with van der Waals surface area (Å²) < 4.78 is 8.11. The normalized spacial score (nSPS) is 11.5. The van der Waals surface area contributed by atoms with Crippen LogP contribution in [0.3, 0.4) is 0 Å². The van der Waals surface area contributed by atoms with Crippen molar-refractivity contribution in [1.29, 1.82) is 0 Å². The van der Waals surface area contributed by atoms with Crippen molar-refractivity contribution in [3.8, 4) is 0 Å². The second-order valence-electron chi connectivity index (χ2n) is 1.61. The summed E-state index contributed by atoms with van der Waals surface area (Å²) in [7, 11) is 1.94. The average Bonchev–Trinajstić information content (AvgIpc) is 2.03. The van der Waals surface area contributed by atoms with E-state index in [9.17, 15) is 14.9 Å². The van der Waals surface area contributed by atoms with Crippen LogP contribution < -0.4 is 0 Å². The zero-order valence-electron chi connectivity index (χ0n) is 6.44. The summed E-state index contributed by atoms with van der Waals surface area (Å²) in [5, 5.41) is 18.8. The number of hydrogen-bond acceptors (Lipinski definition) is 6. The Morgan fingerprint density at radius 1 is 1.42 bits per heavy atom. The van der Waals surface area contributed by atoms with Gasteiger partial charge in [-0.05, 0) is 0 Å². The third-order valence-electron chi connectivity index (χ3n) is 0.957. The number of esters is 1. The summed E-state index contributed by atoms with van der Waals surface area (Å²) in [5.74, 6) is -2.34. The molecule has 0 atom stereocenters. The molecule has 0 rings (SSSR count). The molecule has 0 spiro atoms. The van der Waals surface area contributed by atoms with E-state index in [1.807, 2.05) is 0 Å². The maximum Gasteiger partial charge on any atom is 0.432 e. The van der Waals surface area contributed by atoms with Gasteiger partial charge in [0.15, 0.2) is 0 Å². The van der Waals surface area contributed by atoms with Crippen LogP contribution in [0.1, 0.15) is 0 Å². The van der Waals surface area contributed by atoms with Gasteiger partial charge in [-0.1, -0.05) is 0 Å². The van der Waals surface area contributed by atoms with Crippen molar-refractivity contribution in [3.05, 3.63) is 21.8 Å². The van der Waals surface area contributed by atoms with E-state index in [-0.39, 0.29) is 0 Å². The van der Waals surface area contributed by atoms with Crippen LogP contribution in [0.25, 0.3) is 0 Å². The summed E-state index contributed by atoms with van der Waals surface area (Å²) in [6, 6.07) is 0. The van der Waals surface area contributed by atoms with Crippen LogP contribution in [0.4, 0.5) is 0 Å². The molecule has 1 N–H and O–H groups in total. The van der Waals surface area contributed by atoms with Gasteiger partial charge in [-0.3, -0.25) is 10.1 Å². The molecule has 0 aromatic heterocycles. The largest absolute Gasteiger partial charge is 0.476 e. The number of nitro groups is 1. The number of aliphatic hydroxyl groups excluding tert-OH is 1. The smallest absolute Gasteiger partial charge is 0.432 e. The molecule has 0 unspecified atom stereocenters. The van der Waals surface area contributed by atoms with Gasteiger partial charge in [0.25, 0.3) is 0 Å². The first-order valence-corrected chi connectivity index (χ1v) is 2.74. The molecule has 0 aliphatic rings. The number of methoxy groups -OCH3 is 2. The van der Waals surface area contributed by atoms with Gasteiger partial charge in [0, 0.05) is 0 Å². The number of aliphatic hydroxyl groups is 1. The van der Waals surface area contributed by atoms with Crippen LogP contribution >= 0.6 is 0 Å². The van der Waals surface area contributed by atoms with Gasteiger partial charge in [0.05, 0.1) is 19.1 Å². The predicted molar refractivity (Wildman–Crippen MR) is 35.7 cm³/mol. The van der Waals surface area contributed by atoms with E-state index in [0.717, 1.165) is 14.2 Å². The highest BCUT2D eigenvalue weighted by Crippen LogP contribution is 2.04. The second kappa shape index (κ2) is 4.16. The molecular weight excluding hydrogens is 170 g/mol. The van der Waals surface area contributed by atoms with Gasteiger partial charge in [-0.15, -0.1) is 0 Å². The minimum Gasteiger partial charge on any atom is -0.476 e. The Hall–Kier alpha value is -1.79. The molecule has 12 heavy (non-hydrogen) atoms. The van der Waals surface area contributed by atoms with Crippen molar-refractivity contribution in [2.24, 2.45) is 0 Å². The Morgan fingerprint density at radius 3 is 2.17 bits per heavy atom. The summed E-state index contributed by atoms with van der Waals surface area (Å²) in [6.07, 6.45) is 0. The molecule has 0 bridgehead atoms. The fraction of sp³-hybridized carbons (Fsp3) is 0.400. The van der Waals surface area contributed by atoms with Gasteiger partial charge in [0.1, 0.15) is 0 Å². The lowest BCUT2D eigenvalue weighted by Crippen LogP contribution is -2.16. The highest BCUT2D eigenvalue weighted by atomic mass is 16.6. The van der Waals surface area contributed by atoms with Gasteiger partial charge in [0.2, 0.25) is 0 Å². The van der Waals surface area contributed by atoms with Crippen LogP contribution in [0.15, 0.2) is 11.6 Å². The van der Waals surface area contributed by atoms with E-state index in [1.54, 1.807) is 0 Å². The fourth-order valence-electron chi connectivity index (χ4n) is 0.433. The van der Waals surface area contributed by atoms with E-state index >= 15 is 0 Å². The van der Waals surface area contributed by atoms with Crippen LogP contribution in [-0.4, -0.2) is 30.2 Å². The SMILES string of the molecule is COC(=O)C(=C(O)OC)[N+](=O)[O-]. The molecule has 7 heteroatoms. The summed E-state index contributed by atoms with van der Waals surface area (Å²) in [4.78, 5) is 19.6. The molecular formula is C5H7NO6. The number of carbonyl (C=O) groups is 1. The van der Waals surface area contributed by atoms with Crippen LogP contribution in [-0.2, 0) is 14.3 Å². The van der Waals surface area contributed by atoms with Gasteiger partial charge < -0.3 is 14.6 Å². The third kappa shape index (κ3) is 2.11. The van der Waals surface area contributed by atoms with Crippen molar-refractivity contribution >= 4 is 5.97 Å². The maximum absolute atomic E-state index is 10.6. The average molecular weight is 177 g/mol. The Morgan fingerprint density at radius 2 is 1.92 bits per heavy atom. The third-order valence-corrected chi connectivity index (χ3v) is 0.957. The Balaban J connectivity index is 4.91.